The molecule has 1 aliphatic rings. The number of pyridine rings is 1. The molecule has 0 bridgehead atoms. The number of nitrogens with one attached hydrogen (secondary N) is 1. The average Bonchev–Trinajstić information content (AvgIpc) is 3.22. The van der Waals surface area contributed by atoms with Gasteiger partial charge in [-0.25, -0.2) is 4.98 Å². The predicted molar refractivity (Wildman–Crippen MR) is 87.4 cm³/mol. The molecule has 122 valence electrons. The van der Waals surface area contributed by atoms with Crippen molar-refractivity contribution in [3.63, 3.8) is 0 Å². The molecule has 6 nitrogen and oxygen atoms in total. The molecule has 1 atom stereocenters. The van der Waals surface area contributed by atoms with E-state index in [4.69, 9.17) is 4.52 Å². The largest absolute Gasteiger partial charge is 0.373 e. The number of anilines is 1. The lowest BCUT2D eigenvalue weighted by molar-refractivity contribution is 0.0730. The lowest BCUT2D eigenvalue weighted by Crippen LogP contribution is -2.30. The van der Waals surface area contributed by atoms with Crippen molar-refractivity contribution in [1.82, 2.24) is 15.0 Å². The highest BCUT2D eigenvalue weighted by molar-refractivity contribution is 5.95. The van der Waals surface area contributed by atoms with Crippen molar-refractivity contribution < 1.29 is 9.32 Å². The van der Waals surface area contributed by atoms with Gasteiger partial charge < -0.3 is 14.7 Å². The van der Waals surface area contributed by atoms with E-state index in [1.54, 1.807) is 25.4 Å². The Morgan fingerprint density at radius 2 is 2.26 bits per heavy atom. The minimum absolute atomic E-state index is 0.00930. The highest BCUT2D eigenvalue weighted by Crippen LogP contribution is 2.33. The second kappa shape index (κ2) is 6.40. The quantitative estimate of drug-likeness (QED) is 0.938. The molecule has 0 radical (unpaired) electrons. The zero-order chi connectivity index (χ0) is 16.4. The smallest absolute Gasteiger partial charge is 0.254 e. The number of nitrogens with zero attached hydrogens (tertiary/aromatic N) is 3. The van der Waals surface area contributed by atoms with Crippen molar-refractivity contribution >= 4 is 11.7 Å². The Morgan fingerprint density at radius 1 is 1.43 bits per heavy atom. The van der Waals surface area contributed by atoms with Gasteiger partial charge in [0.1, 0.15) is 17.3 Å². The van der Waals surface area contributed by atoms with E-state index in [9.17, 15) is 4.79 Å². The van der Waals surface area contributed by atoms with Crippen LogP contribution in [-0.2, 0) is 0 Å². The minimum Gasteiger partial charge on any atom is -0.373 e. The molecule has 0 spiro atoms. The number of likely N-dealkylation sites (tertiary alicyclic amines) is 1. The Kier molecular flexibility index (Phi) is 4.32. The summed E-state index contributed by atoms with van der Waals surface area (Å²) >= 11 is 0. The molecule has 3 heterocycles. The minimum atomic E-state index is -0.00930. The summed E-state index contributed by atoms with van der Waals surface area (Å²) in [7, 11) is 1.79. The van der Waals surface area contributed by atoms with Crippen LogP contribution in [0.4, 0.5) is 5.82 Å². The molecule has 1 fully saturated rings. The van der Waals surface area contributed by atoms with E-state index in [0.717, 1.165) is 30.8 Å². The van der Waals surface area contributed by atoms with E-state index in [-0.39, 0.29) is 11.9 Å². The summed E-state index contributed by atoms with van der Waals surface area (Å²) in [5, 5.41) is 7.15. The highest BCUT2D eigenvalue weighted by atomic mass is 16.5. The van der Waals surface area contributed by atoms with Crippen molar-refractivity contribution in [2.75, 3.05) is 18.9 Å². The maximum Gasteiger partial charge on any atom is 0.254 e. The lowest BCUT2D eigenvalue weighted by atomic mass is 10.1. The zero-order valence-corrected chi connectivity index (χ0v) is 13.7. The van der Waals surface area contributed by atoms with Gasteiger partial charge in [-0.3, -0.25) is 4.79 Å². The molecule has 23 heavy (non-hydrogen) atoms. The van der Waals surface area contributed by atoms with Crippen LogP contribution in [0.15, 0.2) is 28.9 Å². The van der Waals surface area contributed by atoms with Gasteiger partial charge in [0.25, 0.3) is 5.91 Å². The number of hydrogen-bond donors (Lipinski definition) is 1. The Labute approximate surface area is 135 Å². The van der Waals surface area contributed by atoms with Gasteiger partial charge in [0.05, 0.1) is 6.04 Å². The molecule has 0 aromatic carbocycles. The third kappa shape index (κ3) is 3.06. The molecule has 3 rings (SSSR count). The first-order valence-corrected chi connectivity index (χ1v) is 8.01. The fourth-order valence-electron chi connectivity index (χ4n) is 2.92. The van der Waals surface area contributed by atoms with Gasteiger partial charge in [0, 0.05) is 37.3 Å². The molecule has 1 aliphatic heterocycles. The summed E-state index contributed by atoms with van der Waals surface area (Å²) in [5.74, 6) is 1.86. The Morgan fingerprint density at radius 3 is 2.96 bits per heavy atom. The lowest BCUT2D eigenvalue weighted by Gasteiger charge is -2.23. The number of aromatic nitrogens is 2. The Hall–Kier alpha value is -2.37. The van der Waals surface area contributed by atoms with Crippen LogP contribution >= 0.6 is 0 Å². The van der Waals surface area contributed by atoms with Gasteiger partial charge >= 0.3 is 0 Å². The van der Waals surface area contributed by atoms with Gasteiger partial charge in [-0.05, 0) is 25.0 Å². The van der Waals surface area contributed by atoms with E-state index in [0.29, 0.717) is 17.3 Å². The molecule has 0 saturated carbocycles. The maximum atomic E-state index is 12.9. The van der Waals surface area contributed by atoms with Crippen LogP contribution in [0.3, 0.4) is 0 Å². The third-order valence-corrected chi connectivity index (χ3v) is 4.23. The first-order chi connectivity index (χ1) is 11.1. The number of carbonyl (C=O) groups is 1. The molecule has 2 aromatic rings. The van der Waals surface area contributed by atoms with Crippen LogP contribution in [0.1, 0.15) is 60.5 Å². The number of hydrogen-bond acceptors (Lipinski definition) is 5. The molecule has 0 aliphatic carbocycles. The van der Waals surface area contributed by atoms with Crippen molar-refractivity contribution in [3.8, 4) is 0 Å². The first kappa shape index (κ1) is 15.5. The standard InChI is InChI=1S/C17H22N4O2/c1-11(2)15-10-13(20-23-15)14-5-4-8-21(14)17(22)12-6-7-19-16(9-12)18-3/h6-7,9-11,14H,4-5,8H2,1-3H3,(H,18,19). The summed E-state index contributed by atoms with van der Waals surface area (Å²) < 4.78 is 5.40. The number of amides is 1. The van der Waals surface area contributed by atoms with Crippen LogP contribution in [0, 0.1) is 0 Å². The topological polar surface area (TPSA) is 71.3 Å². The van der Waals surface area contributed by atoms with Crippen LogP contribution in [0.2, 0.25) is 0 Å². The van der Waals surface area contributed by atoms with Crippen LogP contribution < -0.4 is 5.32 Å². The van der Waals surface area contributed by atoms with E-state index >= 15 is 0 Å². The van der Waals surface area contributed by atoms with Crippen LogP contribution in [-0.4, -0.2) is 34.5 Å². The number of rotatable bonds is 4. The van der Waals surface area contributed by atoms with Crippen molar-refractivity contribution in [2.45, 2.75) is 38.6 Å². The molecule has 1 amide bonds. The average molecular weight is 314 g/mol. The first-order valence-electron chi connectivity index (χ1n) is 8.01. The Balaban J connectivity index is 1.84. The normalized spacial score (nSPS) is 17.7. The summed E-state index contributed by atoms with van der Waals surface area (Å²) in [6.07, 6.45) is 3.54. The van der Waals surface area contributed by atoms with Crippen molar-refractivity contribution in [1.29, 1.82) is 0 Å². The SMILES string of the molecule is CNc1cc(C(=O)N2CCCC2c2cc(C(C)C)on2)ccn1. The maximum absolute atomic E-state index is 12.9. The van der Waals surface area contributed by atoms with E-state index < -0.39 is 0 Å². The summed E-state index contributed by atoms with van der Waals surface area (Å²) in [5.41, 5.74) is 1.49. The molecule has 1 unspecified atom stereocenters. The fraction of sp³-hybridized carbons (Fsp3) is 0.471. The van der Waals surface area contributed by atoms with E-state index in [1.807, 2.05) is 11.0 Å². The van der Waals surface area contributed by atoms with Gasteiger partial charge in [-0.1, -0.05) is 19.0 Å². The molecule has 1 N–H and O–H groups in total. The third-order valence-electron chi connectivity index (χ3n) is 4.23. The molecule has 6 heteroatoms. The van der Waals surface area contributed by atoms with Crippen molar-refractivity contribution in [3.05, 3.63) is 41.4 Å². The second-order valence-corrected chi connectivity index (χ2v) is 6.15. The number of carbonyl (C=O) groups excluding carboxylic acids is 1. The molecule has 1 saturated heterocycles. The monoisotopic (exact) mass is 314 g/mol. The summed E-state index contributed by atoms with van der Waals surface area (Å²) in [6, 6.07) is 5.50. The zero-order valence-electron chi connectivity index (χ0n) is 13.7. The van der Waals surface area contributed by atoms with Crippen LogP contribution in [0.5, 0.6) is 0 Å². The summed E-state index contributed by atoms with van der Waals surface area (Å²) in [4.78, 5) is 18.9. The van der Waals surface area contributed by atoms with E-state index in [2.05, 4.69) is 29.3 Å². The van der Waals surface area contributed by atoms with Crippen molar-refractivity contribution in [2.24, 2.45) is 0 Å². The summed E-state index contributed by atoms with van der Waals surface area (Å²) in [6.45, 7) is 4.88. The molecular weight excluding hydrogens is 292 g/mol. The van der Waals surface area contributed by atoms with Crippen LogP contribution in [0.25, 0.3) is 0 Å². The Bertz CT molecular complexity index is 695. The van der Waals surface area contributed by atoms with Gasteiger partial charge in [0.15, 0.2) is 0 Å². The van der Waals surface area contributed by atoms with Gasteiger partial charge in [-0.2, -0.15) is 0 Å². The molecule has 2 aromatic heterocycles. The predicted octanol–water partition coefficient (Wildman–Crippen LogP) is 3.21. The van der Waals surface area contributed by atoms with Gasteiger partial charge in [-0.15, -0.1) is 0 Å². The van der Waals surface area contributed by atoms with E-state index in [1.165, 1.54) is 0 Å². The second-order valence-electron chi connectivity index (χ2n) is 6.15. The van der Waals surface area contributed by atoms with Gasteiger partial charge in [0.2, 0.25) is 0 Å². The molecular formula is C17H22N4O2. The fourth-order valence-corrected chi connectivity index (χ4v) is 2.92. The highest BCUT2D eigenvalue weighted by Gasteiger charge is 2.33.